The van der Waals surface area contributed by atoms with E-state index in [1.54, 1.807) is 0 Å². The zero-order chi connectivity index (χ0) is 14.6. The highest BCUT2D eigenvalue weighted by Gasteiger charge is 2.40. The normalized spacial score (nSPS) is 26.5. The fraction of sp³-hybridized carbons (Fsp3) is 0.588. The molecule has 1 aliphatic carbocycles. The molecule has 2 unspecified atom stereocenters. The Morgan fingerprint density at radius 1 is 1.30 bits per heavy atom. The molecule has 0 amide bonds. The minimum atomic E-state index is -0.338. The van der Waals surface area contributed by atoms with E-state index in [4.69, 9.17) is 4.74 Å². The molecule has 0 heterocycles. The molecule has 1 saturated carbocycles. The zero-order valence-electron chi connectivity index (χ0n) is 12.8. The van der Waals surface area contributed by atoms with Gasteiger partial charge in [0.1, 0.15) is 5.60 Å². The van der Waals surface area contributed by atoms with Crippen molar-refractivity contribution < 1.29 is 9.53 Å². The first-order valence-corrected chi connectivity index (χ1v) is 7.44. The van der Waals surface area contributed by atoms with E-state index >= 15 is 0 Å². The largest absolute Gasteiger partial charge is 0.455 e. The van der Waals surface area contributed by atoms with Crippen LogP contribution >= 0.6 is 0 Å². The molecule has 2 atom stereocenters. The molecule has 3 nitrogen and oxygen atoms in total. The fourth-order valence-corrected chi connectivity index (χ4v) is 3.08. The van der Waals surface area contributed by atoms with Crippen molar-refractivity contribution in [2.45, 2.75) is 38.2 Å². The number of rotatable bonds is 4. The van der Waals surface area contributed by atoms with E-state index in [1.807, 2.05) is 30.3 Å². The molecule has 0 spiro atoms. The van der Waals surface area contributed by atoms with Gasteiger partial charge in [0.2, 0.25) is 0 Å². The quantitative estimate of drug-likeness (QED) is 0.789. The molecular formula is C17H25NO2. The van der Waals surface area contributed by atoms with Crippen molar-refractivity contribution in [1.29, 1.82) is 0 Å². The van der Waals surface area contributed by atoms with Crippen LogP contribution in [0, 0.1) is 5.92 Å². The molecular weight excluding hydrogens is 250 g/mol. The Hall–Kier alpha value is -1.35. The minimum Gasteiger partial charge on any atom is -0.455 e. The van der Waals surface area contributed by atoms with E-state index < -0.39 is 0 Å². The first kappa shape index (κ1) is 15.0. The van der Waals surface area contributed by atoms with E-state index in [9.17, 15) is 4.79 Å². The van der Waals surface area contributed by atoms with E-state index in [2.05, 4.69) is 25.9 Å². The lowest BCUT2D eigenvalue weighted by atomic mass is 9.76. The van der Waals surface area contributed by atoms with Crippen molar-refractivity contribution in [2.24, 2.45) is 5.92 Å². The number of carbonyl (C=O) groups is 1. The highest BCUT2D eigenvalue weighted by molar-refractivity contribution is 5.89. The number of carbonyl (C=O) groups excluding carboxylic acids is 1. The molecule has 0 N–H and O–H groups in total. The summed E-state index contributed by atoms with van der Waals surface area (Å²) in [6.07, 6.45) is 4.47. The molecule has 3 heteroatoms. The number of hydrogen-bond acceptors (Lipinski definition) is 3. The summed E-state index contributed by atoms with van der Waals surface area (Å²) in [6.45, 7) is 3.07. The number of hydrogen-bond donors (Lipinski definition) is 0. The van der Waals surface area contributed by atoms with E-state index in [-0.39, 0.29) is 11.6 Å². The van der Waals surface area contributed by atoms with Crippen molar-refractivity contribution in [2.75, 3.05) is 20.6 Å². The van der Waals surface area contributed by atoms with Gasteiger partial charge in [0.05, 0.1) is 5.56 Å². The lowest BCUT2D eigenvalue weighted by Gasteiger charge is -2.42. The van der Waals surface area contributed by atoms with Gasteiger partial charge in [-0.2, -0.15) is 0 Å². The smallest absolute Gasteiger partial charge is 0.338 e. The topological polar surface area (TPSA) is 29.5 Å². The molecule has 0 bridgehead atoms. The molecule has 0 aromatic heterocycles. The average molecular weight is 275 g/mol. The number of esters is 1. The summed E-state index contributed by atoms with van der Waals surface area (Å²) in [6, 6.07) is 9.28. The summed E-state index contributed by atoms with van der Waals surface area (Å²) in [5, 5.41) is 0. The zero-order valence-corrected chi connectivity index (χ0v) is 12.8. The van der Waals surface area contributed by atoms with Crippen molar-refractivity contribution >= 4 is 5.97 Å². The highest BCUT2D eigenvalue weighted by Crippen LogP contribution is 2.37. The van der Waals surface area contributed by atoms with E-state index in [0.717, 1.165) is 25.8 Å². The summed E-state index contributed by atoms with van der Waals surface area (Å²) in [7, 11) is 4.15. The molecule has 1 aliphatic rings. The van der Waals surface area contributed by atoms with Crippen LogP contribution in [0.4, 0.5) is 0 Å². The lowest BCUT2D eigenvalue weighted by molar-refractivity contribution is -0.0651. The van der Waals surface area contributed by atoms with Crippen LogP contribution in [0.3, 0.4) is 0 Å². The van der Waals surface area contributed by atoms with Crippen LogP contribution < -0.4 is 0 Å². The summed E-state index contributed by atoms with van der Waals surface area (Å²) in [5.74, 6) is 0.220. The number of ether oxygens (including phenoxy) is 1. The predicted molar refractivity (Wildman–Crippen MR) is 80.8 cm³/mol. The first-order chi connectivity index (χ1) is 9.51. The maximum absolute atomic E-state index is 12.3. The van der Waals surface area contributed by atoms with Crippen LogP contribution in [-0.2, 0) is 4.74 Å². The second-order valence-electron chi connectivity index (χ2n) is 6.27. The Labute approximate surface area is 121 Å². The molecule has 0 saturated heterocycles. The van der Waals surface area contributed by atoms with Crippen LogP contribution in [0.1, 0.15) is 43.0 Å². The second kappa shape index (κ2) is 6.40. The van der Waals surface area contributed by atoms with Crippen LogP contribution in [0.5, 0.6) is 0 Å². The second-order valence-corrected chi connectivity index (χ2v) is 6.27. The summed E-state index contributed by atoms with van der Waals surface area (Å²) >= 11 is 0. The van der Waals surface area contributed by atoms with Crippen molar-refractivity contribution in [1.82, 2.24) is 4.90 Å². The van der Waals surface area contributed by atoms with Gasteiger partial charge in [0.25, 0.3) is 0 Å². The van der Waals surface area contributed by atoms with Crippen molar-refractivity contribution in [3.05, 3.63) is 35.9 Å². The monoisotopic (exact) mass is 275 g/mol. The lowest BCUT2D eigenvalue weighted by Crippen LogP contribution is -2.46. The molecule has 1 aromatic rings. The van der Waals surface area contributed by atoms with E-state index in [0.29, 0.717) is 11.5 Å². The summed E-state index contributed by atoms with van der Waals surface area (Å²) < 4.78 is 5.91. The maximum atomic E-state index is 12.3. The molecule has 1 aromatic carbocycles. The van der Waals surface area contributed by atoms with Crippen molar-refractivity contribution in [3.63, 3.8) is 0 Å². The third-order valence-electron chi connectivity index (χ3n) is 4.26. The average Bonchev–Trinajstić information content (AvgIpc) is 2.42. The third-order valence-corrected chi connectivity index (χ3v) is 4.26. The van der Waals surface area contributed by atoms with Crippen LogP contribution in [0.2, 0.25) is 0 Å². The predicted octanol–water partition coefficient (Wildman–Crippen LogP) is 3.35. The molecule has 20 heavy (non-hydrogen) atoms. The maximum Gasteiger partial charge on any atom is 0.338 e. The van der Waals surface area contributed by atoms with Gasteiger partial charge in [0.15, 0.2) is 0 Å². The number of nitrogens with zero attached hydrogens (tertiary/aromatic N) is 1. The van der Waals surface area contributed by atoms with Crippen LogP contribution in [0.25, 0.3) is 0 Å². The van der Waals surface area contributed by atoms with Gasteiger partial charge in [-0.1, -0.05) is 24.6 Å². The summed E-state index contributed by atoms with van der Waals surface area (Å²) in [4.78, 5) is 14.5. The molecule has 110 valence electrons. The fourth-order valence-electron chi connectivity index (χ4n) is 3.08. The Kier molecular flexibility index (Phi) is 4.81. The standard InChI is InChI=1S/C17H25NO2/c1-17(12-8-7-11-15(17)13-18(2)3)20-16(19)14-9-5-4-6-10-14/h4-6,9-10,15H,7-8,11-13H2,1-3H3. The van der Waals surface area contributed by atoms with Gasteiger partial charge < -0.3 is 9.64 Å². The Morgan fingerprint density at radius 3 is 2.65 bits per heavy atom. The third kappa shape index (κ3) is 3.60. The van der Waals surface area contributed by atoms with Gasteiger partial charge in [0, 0.05) is 12.5 Å². The highest BCUT2D eigenvalue weighted by atomic mass is 16.6. The first-order valence-electron chi connectivity index (χ1n) is 7.44. The van der Waals surface area contributed by atoms with Gasteiger partial charge in [-0.05, 0) is 52.4 Å². The van der Waals surface area contributed by atoms with Gasteiger partial charge in [-0.3, -0.25) is 0 Å². The Morgan fingerprint density at radius 2 is 2.00 bits per heavy atom. The molecule has 1 fully saturated rings. The minimum absolute atomic E-state index is 0.196. The van der Waals surface area contributed by atoms with E-state index in [1.165, 1.54) is 6.42 Å². The van der Waals surface area contributed by atoms with Gasteiger partial charge >= 0.3 is 5.97 Å². The van der Waals surface area contributed by atoms with Crippen LogP contribution in [-0.4, -0.2) is 37.1 Å². The molecule has 0 aliphatic heterocycles. The number of benzene rings is 1. The Balaban J connectivity index is 2.09. The van der Waals surface area contributed by atoms with Gasteiger partial charge in [-0.15, -0.1) is 0 Å². The Bertz CT molecular complexity index is 444. The molecule has 0 radical (unpaired) electrons. The van der Waals surface area contributed by atoms with Crippen LogP contribution in [0.15, 0.2) is 30.3 Å². The van der Waals surface area contributed by atoms with Gasteiger partial charge in [-0.25, -0.2) is 4.79 Å². The molecule has 2 rings (SSSR count). The SMILES string of the molecule is CN(C)CC1CCCCC1(C)OC(=O)c1ccccc1. The van der Waals surface area contributed by atoms with Crippen molar-refractivity contribution in [3.8, 4) is 0 Å². The summed E-state index contributed by atoms with van der Waals surface area (Å²) in [5.41, 5.74) is 0.304.